The highest BCUT2D eigenvalue weighted by Gasteiger charge is 2.06. The van der Waals surface area contributed by atoms with Gasteiger partial charge in [0.05, 0.1) is 0 Å². The predicted molar refractivity (Wildman–Crippen MR) is 53.6 cm³/mol. The second-order valence-corrected chi connectivity index (χ2v) is 2.83. The van der Waals surface area contributed by atoms with Crippen molar-refractivity contribution in [3.63, 3.8) is 0 Å². The van der Waals surface area contributed by atoms with Crippen LogP contribution in [0.2, 0.25) is 0 Å². The van der Waals surface area contributed by atoms with Gasteiger partial charge in [-0.3, -0.25) is 14.9 Å². The van der Waals surface area contributed by atoms with Crippen molar-refractivity contribution in [2.75, 3.05) is 5.32 Å². The maximum Gasteiger partial charge on any atom is 0.258 e. The highest BCUT2D eigenvalue weighted by atomic mass is 16.2. The molecule has 0 aliphatic heterocycles. The summed E-state index contributed by atoms with van der Waals surface area (Å²) in [5, 5.41) is 2.51. The lowest BCUT2D eigenvalue weighted by molar-refractivity contribution is 0.102. The summed E-state index contributed by atoms with van der Waals surface area (Å²) in [6.45, 7) is 0. The number of carbonyl (C=O) groups excluding carboxylic acids is 1. The number of aromatic nitrogens is 3. The first-order valence-electron chi connectivity index (χ1n) is 4.25. The van der Waals surface area contributed by atoms with Crippen LogP contribution in [0.25, 0.3) is 0 Å². The third-order valence-electron chi connectivity index (χ3n) is 1.77. The number of imidazole rings is 1. The molecule has 0 atom stereocenters. The molecule has 0 saturated heterocycles. The van der Waals surface area contributed by atoms with Crippen molar-refractivity contribution in [1.82, 2.24) is 15.0 Å². The Labute approximate surface area is 84.4 Å². The topological polar surface area (TPSA) is 90.6 Å². The SMILES string of the molecule is O=C(Nc1ncc[nH]1)c1cc[nH]c(=O)c1. The molecule has 6 nitrogen and oxygen atoms in total. The summed E-state index contributed by atoms with van der Waals surface area (Å²) >= 11 is 0. The highest BCUT2D eigenvalue weighted by Crippen LogP contribution is 2.00. The molecule has 15 heavy (non-hydrogen) atoms. The smallest absolute Gasteiger partial charge is 0.258 e. The van der Waals surface area contributed by atoms with Crippen LogP contribution in [0.4, 0.5) is 5.95 Å². The molecule has 76 valence electrons. The summed E-state index contributed by atoms with van der Waals surface area (Å²) in [7, 11) is 0. The monoisotopic (exact) mass is 204 g/mol. The Bertz CT molecular complexity index is 515. The Kier molecular flexibility index (Phi) is 2.32. The minimum Gasteiger partial charge on any atom is -0.331 e. The van der Waals surface area contributed by atoms with Crippen molar-refractivity contribution in [2.24, 2.45) is 0 Å². The third kappa shape index (κ3) is 2.11. The van der Waals surface area contributed by atoms with E-state index in [0.29, 0.717) is 5.95 Å². The number of rotatable bonds is 2. The molecule has 0 unspecified atom stereocenters. The minimum atomic E-state index is -0.379. The van der Waals surface area contributed by atoms with E-state index >= 15 is 0 Å². The Morgan fingerprint density at radius 1 is 1.33 bits per heavy atom. The van der Waals surface area contributed by atoms with Crippen molar-refractivity contribution in [2.45, 2.75) is 0 Å². The molecule has 2 rings (SSSR count). The molecule has 0 bridgehead atoms. The fourth-order valence-electron chi connectivity index (χ4n) is 1.10. The van der Waals surface area contributed by atoms with Crippen molar-refractivity contribution in [1.29, 1.82) is 0 Å². The number of anilines is 1. The summed E-state index contributed by atoms with van der Waals surface area (Å²) in [5.74, 6) is -0.0312. The fraction of sp³-hybridized carbons (Fsp3) is 0. The summed E-state index contributed by atoms with van der Waals surface area (Å²) in [5.41, 5.74) is -0.0303. The Hall–Kier alpha value is -2.37. The third-order valence-corrected chi connectivity index (χ3v) is 1.77. The van der Waals surface area contributed by atoms with Crippen LogP contribution >= 0.6 is 0 Å². The first-order chi connectivity index (χ1) is 7.25. The van der Waals surface area contributed by atoms with Gasteiger partial charge in [-0.25, -0.2) is 4.98 Å². The number of aromatic amines is 2. The highest BCUT2D eigenvalue weighted by molar-refractivity contribution is 6.03. The number of hydrogen-bond donors (Lipinski definition) is 3. The van der Waals surface area contributed by atoms with Crippen molar-refractivity contribution in [3.8, 4) is 0 Å². The molecule has 6 heteroatoms. The van der Waals surface area contributed by atoms with E-state index in [1.807, 2.05) is 0 Å². The number of nitrogens with zero attached hydrogens (tertiary/aromatic N) is 1. The van der Waals surface area contributed by atoms with Crippen LogP contribution in [-0.4, -0.2) is 20.9 Å². The van der Waals surface area contributed by atoms with E-state index in [1.54, 1.807) is 6.20 Å². The predicted octanol–water partition coefficient (Wildman–Crippen LogP) is 0.350. The number of nitrogens with one attached hydrogen (secondary N) is 3. The van der Waals surface area contributed by atoms with E-state index in [1.165, 1.54) is 24.5 Å². The van der Waals surface area contributed by atoms with Gasteiger partial charge in [0.25, 0.3) is 5.91 Å². The summed E-state index contributed by atoms with van der Waals surface area (Å²) in [6.07, 6.45) is 4.53. The van der Waals surface area contributed by atoms with E-state index < -0.39 is 0 Å². The second-order valence-electron chi connectivity index (χ2n) is 2.83. The van der Waals surface area contributed by atoms with Crippen LogP contribution in [-0.2, 0) is 0 Å². The Morgan fingerprint density at radius 3 is 2.87 bits per heavy atom. The molecular weight excluding hydrogens is 196 g/mol. The Balaban J connectivity index is 2.18. The summed E-state index contributed by atoms with van der Waals surface area (Å²) < 4.78 is 0. The second kappa shape index (κ2) is 3.79. The standard InChI is InChI=1S/C9H8N4O2/c14-7-5-6(1-2-10-7)8(15)13-9-11-3-4-12-9/h1-5H,(H,10,14)(H2,11,12,13,15). The van der Waals surface area contributed by atoms with Crippen molar-refractivity contribution < 1.29 is 4.79 Å². The van der Waals surface area contributed by atoms with E-state index in [4.69, 9.17) is 0 Å². The van der Waals surface area contributed by atoms with E-state index in [-0.39, 0.29) is 17.0 Å². The quantitative estimate of drug-likeness (QED) is 0.659. The molecule has 2 heterocycles. The average Bonchev–Trinajstić information content (AvgIpc) is 2.70. The molecule has 0 aliphatic carbocycles. The van der Waals surface area contributed by atoms with Crippen LogP contribution in [0.1, 0.15) is 10.4 Å². The molecule has 0 saturated carbocycles. The number of carbonyl (C=O) groups is 1. The molecule has 0 aromatic carbocycles. The first kappa shape index (κ1) is 9.20. The molecule has 0 spiro atoms. The van der Waals surface area contributed by atoms with E-state index in [9.17, 15) is 9.59 Å². The number of amides is 1. The van der Waals surface area contributed by atoms with Crippen LogP contribution in [0.5, 0.6) is 0 Å². The minimum absolute atomic E-state index is 0.287. The lowest BCUT2D eigenvalue weighted by Gasteiger charge is -2.00. The fourth-order valence-corrected chi connectivity index (χ4v) is 1.10. The molecule has 0 aliphatic rings. The lowest BCUT2D eigenvalue weighted by Crippen LogP contribution is -2.16. The maximum atomic E-state index is 11.5. The number of hydrogen-bond acceptors (Lipinski definition) is 3. The Morgan fingerprint density at radius 2 is 2.20 bits per heavy atom. The van der Waals surface area contributed by atoms with Crippen LogP contribution in [0, 0.1) is 0 Å². The van der Waals surface area contributed by atoms with E-state index in [0.717, 1.165) is 0 Å². The zero-order valence-corrected chi connectivity index (χ0v) is 7.65. The molecule has 1 amide bonds. The van der Waals surface area contributed by atoms with Gasteiger partial charge in [0.2, 0.25) is 11.5 Å². The van der Waals surface area contributed by atoms with Gasteiger partial charge in [-0.2, -0.15) is 0 Å². The summed E-state index contributed by atoms with van der Waals surface area (Å²) in [4.78, 5) is 31.5. The van der Waals surface area contributed by atoms with Crippen LogP contribution < -0.4 is 10.9 Å². The number of pyridine rings is 1. The van der Waals surface area contributed by atoms with Gasteiger partial charge in [0, 0.05) is 30.2 Å². The number of H-pyrrole nitrogens is 2. The zero-order valence-electron chi connectivity index (χ0n) is 7.65. The van der Waals surface area contributed by atoms with Gasteiger partial charge in [0.1, 0.15) is 0 Å². The first-order valence-corrected chi connectivity index (χ1v) is 4.25. The average molecular weight is 204 g/mol. The van der Waals surface area contributed by atoms with Crippen molar-refractivity contribution >= 4 is 11.9 Å². The molecule has 0 radical (unpaired) electrons. The van der Waals surface area contributed by atoms with Crippen LogP contribution in [0.15, 0.2) is 35.5 Å². The van der Waals surface area contributed by atoms with Gasteiger partial charge < -0.3 is 9.97 Å². The molecule has 0 fully saturated rings. The summed E-state index contributed by atoms with van der Waals surface area (Å²) in [6, 6.07) is 2.73. The lowest BCUT2D eigenvalue weighted by atomic mass is 10.2. The van der Waals surface area contributed by atoms with Gasteiger partial charge >= 0.3 is 0 Å². The van der Waals surface area contributed by atoms with E-state index in [2.05, 4.69) is 20.3 Å². The normalized spacial score (nSPS) is 9.87. The van der Waals surface area contributed by atoms with Gasteiger partial charge in [-0.05, 0) is 6.07 Å². The molecule has 3 N–H and O–H groups in total. The maximum absolute atomic E-state index is 11.5. The molecule has 2 aromatic rings. The van der Waals surface area contributed by atoms with Gasteiger partial charge in [-0.1, -0.05) is 0 Å². The van der Waals surface area contributed by atoms with Crippen molar-refractivity contribution in [3.05, 3.63) is 46.6 Å². The van der Waals surface area contributed by atoms with Gasteiger partial charge in [0.15, 0.2) is 0 Å². The van der Waals surface area contributed by atoms with Crippen LogP contribution in [0.3, 0.4) is 0 Å². The molecule has 2 aromatic heterocycles. The zero-order chi connectivity index (χ0) is 10.7. The molecular formula is C9H8N4O2. The largest absolute Gasteiger partial charge is 0.331 e. The van der Waals surface area contributed by atoms with Gasteiger partial charge in [-0.15, -0.1) is 0 Å².